The van der Waals surface area contributed by atoms with Crippen LogP contribution in [0.3, 0.4) is 0 Å². The summed E-state index contributed by atoms with van der Waals surface area (Å²) in [6.45, 7) is 1.65. The number of hydrogen-bond acceptors (Lipinski definition) is 5. The summed E-state index contributed by atoms with van der Waals surface area (Å²) in [6, 6.07) is 4.88. The van der Waals surface area contributed by atoms with E-state index in [0.717, 1.165) is 0 Å². The van der Waals surface area contributed by atoms with Gasteiger partial charge in [-0.1, -0.05) is 0 Å². The molecule has 0 saturated carbocycles. The average Bonchev–Trinajstić information content (AvgIpc) is 2.92. The number of aromatic nitrogens is 1. The van der Waals surface area contributed by atoms with Crippen LogP contribution in [0, 0.1) is 0 Å². The number of nitrogens with one attached hydrogen (secondary N) is 2. The molecule has 0 radical (unpaired) electrons. The summed E-state index contributed by atoms with van der Waals surface area (Å²) in [5, 5.41) is 7.72. The fraction of sp³-hybridized carbons (Fsp3) is 0.154. The second-order valence-electron chi connectivity index (χ2n) is 4.25. The maximum Gasteiger partial charge on any atom is 0.265 e. The molecule has 1 aromatic heterocycles. The van der Waals surface area contributed by atoms with Gasteiger partial charge in [0.25, 0.3) is 11.8 Å². The van der Waals surface area contributed by atoms with Crippen LogP contribution in [0.15, 0.2) is 29.8 Å². The Balaban J connectivity index is 1.83. The van der Waals surface area contributed by atoms with Crippen molar-refractivity contribution in [1.82, 2.24) is 4.98 Å². The van der Waals surface area contributed by atoms with Gasteiger partial charge in [-0.25, -0.2) is 4.98 Å². The SMILES string of the molecule is CC1Oc2cc(C(=O)Nc3nccs3)ccc2NC1=O. The van der Waals surface area contributed by atoms with Gasteiger partial charge in [-0.2, -0.15) is 0 Å². The first-order valence-electron chi connectivity index (χ1n) is 5.96. The number of nitrogens with zero attached hydrogens (tertiary/aromatic N) is 1. The van der Waals surface area contributed by atoms with Crippen molar-refractivity contribution in [2.24, 2.45) is 0 Å². The van der Waals surface area contributed by atoms with E-state index in [4.69, 9.17) is 4.74 Å². The van der Waals surface area contributed by atoms with Crippen molar-refractivity contribution in [2.75, 3.05) is 10.6 Å². The molecular weight excluding hydrogens is 278 g/mol. The highest BCUT2D eigenvalue weighted by atomic mass is 32.1. The van der Waals surface area contributed by atoms with Crippen LogP contribution < -0.4 is 15.4 Å². The number of hydrogen-bond donors (Lipinski definition) is 2. The van der Waals surface area contributed by atoms with Gasteiger partial charge in [0.2, 0.25) is 0 Å². The summed E-state index contributed by atoms with van der Waals surface area (Å²) in [6.07, 6.45) is 1.05. The topological polar surface area (TPSA) is 80.3 Å². The molecule has 0 spiro atoms. The van der Waals surface area contributed by atoms with E-state index in [9.17, 15) is 9.59 Å². The van der Waals surface area contributed by atoms with Crippen LogP contribution in [0.25, 0.3) is 0 Å². The van der Waals surface area contributed by atoms with Crippen LogP contribution in [0.2, 0.25) is 0 Å². The molecule has 102 valence electrons. The molecule has 1 unspecified atom stereocenters. The predicted octanol–water partition coefficient (Wildman–Crippen LogP) is 2.11. The lowest BCUT2D eigenvalue weighted by atomic mass is 10.1. The predicted molar refractivity (Wildman–Crippen MR) is 75.2 cm³/mol. The molecule has 0 bridgehead atoms. The normalized spacial score (nSPS) is 16.9. The van der Waals surface area contributed by atoms with Crippen LogP contribution in [0.1, 0.15) is 17.3 Å². The summed E-state index contributed by atoms with van der Waals surface area (Å²) in [5.74, 6) is 0.0253. The first-order chi connectivity index (χ1) is 9.63. The maximum absolute atomic E-state index is 12.1. The highest BCUT2D eigenvalue weighted by Gasteiger charge is 2.24. The van der Waals surface area contributed by atoms with E-state index in [1.54, 1.807) is 36.7 Å². The summed E-state index contributed by atoms with van der Waals surface area (Å²) in [7, 11) is 0. The van der Waals surface area contributed by atoms with Gasteiger partial charge in [-0.15, -0.1) is 11.3 Å². The molecule has 20 heavy (non-hydrogen) atoms. The Morgan fingerprint density at radius 1 is 1.50 bits per heavy atom. The number of fused-ring (bicyclic) bond motifs is 1. The highest BCUT2D eigenvalue weighted by Crippen LogP contribution is 2.30. The highest BCUT2D eigenvalue weighted by molar-refractivity contribution is 7.13. The Labute approximate surface area is 118 Å². The number of carbonyl (C=O) groups is 2. The molecule has 3 rings (SSSR count). The van der Waals surface area contributed by atoms with Gasteiger partial charge in [0, 0.05) is 17.1 Å². The van der Waals surface area contributed by atoms with Crippen LogP contribution in [0.4, 0.5) is 10.8 Å². The zero-order chi connectivity index (χ0) is 14.1. The zero-order valence-corrected chi connectivity index (χ0v) is 11.4. The lowest BCUT2D eigenvalue weighted by molar-refractivity contribution is -0.122. The van der Waals surface area contributed by atoms with Crippen LogP contribution >= 0.6 is 11.3 Å². The van der Waals surface area contributed by atoms with Crippen molar-refractivity contribution < 1.29 is 14.3 Å². The van der Waals surface area contributed by atoms with Crippen molar-refractivity contribution in [1.29, 1.82) is 0 Å². The lowest BCUT2D eigenvalue weighted by Crippen LogP contribution is -2.34. The zero-order valence-electron chi connectivity index (χ0n) is 10.5. The van der Waals surface area contributed by atoms with Crippen LogP contribution in [-0.2, 0) is 4.79 Å². The van der Waals surface area contributed by atoms with Gasteiger partial charge in [-0.3, -0.25) is 14.9 Å². The summed E-state index contributed by atoms with van der Waals surface area (Å²) >= 11 is 1.34. The van der Waals surface area contributed by atoms with Crippen LogP contribution in [-0.4, -0.2) is 22.9 Å². The smallest absolute Gasteiger partial charge is 0.265 e. The Kier molecular flexibility index (Phi) is 3.11. The van der Waals surface area contributed by atoms with Gasteiger partial charge in [0.05, 0.1) is 5.69 Å². The van der Waals surface area contributed by atoms with Gasteiger partial charge in [-0.05, 0) is 25.1 Å². The Morgan fingerprint density at radius 2 is 2.35 bits per heavy atom. The lowest BCUT2D eigenvalue weighted by Gasteiger charge is -2.23. The van der Waals surface area contributed by atoms with E-state index in [-0.39, 0.29) is 11.8 Å². The van der Waals surface area contributed by atoms with E-state index in [1.807, 2.05) is 0 Å². The number of carbonyl (C=O) groups excluding carboxylic acids is 2. The van der Waals surface area contributed by atoms with Crippen molar-refractivity contribution in [3.05, 3.63) is 35.3 Å². The third-order valence-corrected chi connectivity index (χ3v) is 3.52. The molecule has 2 N–H and O–H groups in total. The van der Waals surface area contributed by atoms with Gasteiger partial charge >= 0.3 is 0 Å². The molecular formula is C13H11N3O3S. The molecule has 7 heteroatoms. The fourth-order valence-electron chi connectivity index (χ4n) is 1.80. The van der Waals surface area contributed by atoms with Crippen molar-refractivity contribution >= 4 is 34.0 Å². The molecule has 0 fully saturated rings. The number of amides is 2. The fourth-order valence-corrected chi connectivity index (χ4v) is 2.32. The Hall–Kier alpha value is -2.41. The number of anilines is 2. The third-order valence-electron chi connectivity index (χ3n) is 2.83. The Morgan fingerprint density at radius 3 is 3.10 bits per heavy atom. The van der Waals surface area contributed by atoms with Crippen molar-refractivity contribution in [3.8, 4) is 5.75 Å². The minimum absolute atomic E-state index is 0.197. The number of benzene rings is 1. The second-order valence-corrected chi connectivity index (χ2v) is 5.15. The van der Waals surface area contributed by atoms with Crippen molar-refractivity contribution in [2.45, 2.75) is 13.0 Å². The first-order valence-corrected chi connectivity index (χ1v) is 6.84. The average molecular weight is 289 g/mol. The quantitative estimate of drug-likeness (QED) is 0.887. The standard InChI is InChI=1S/C13H11N3O3S/c1-7-11(17)15-9-3-2-8(6-10(9)19-7)12(18)16-13-14-4-5-20-13/h2-7H,1H3,(H,15,17)(H,14,16,18). The number of thiazole rings is 1. The minimum atomic E-state index is -0.570. The molecule has 2 amide bonds. The molecule has 1 atom stereocenters. The van der Waals surface area contributed by atoms with Gasteiger partial charge in [0.15, 0.2) is 11.2 Å². The summed E-state index contributed by atoms with van der Waals surface area (Å²) in [5.41, 5.74) is 1.01. The number of rotatable bonds is 2. The largest absolute Gasteiger partial charge is 0.479 e. The third kappa shape index (κ3) is 2.35. The molecule has 0 aliphatic carbocycles. The summed E-state index contributed by atoms with van der Waals surface area (Å²) in [4.78, 5) is 27.5. The molecule has 2 heterocycles. The van der Waals surface area contributed by atoms with Gasteiger partial charge in [0.1, 0.15) is 5.75 Å². The van der Waals surface area contributed by atoms with E-state index in [1.165, 1.54) is 11.3 Å². The molecule has 0 saturated heterocycles. The second kappa shape index (κ2) is 4.93. The minimum Gasteiger partial charge on any atom is -0.479 e. The molecule has 2 aromatic rings. The molecule has 1 aliphatic rings. The Bertz CT molecular complexity index is 670. The van der Waals surface area contributed by atoms with E-state index < -0.39 is 6.10 Å². The maximum atomic E-state index is 12.1. The molecule has 6 nitrogen and oxygen atoms in total. The van der Waals surface area contributed by atoms with E-state index in [0.29, 0.717) is 22.1 Å². The van der Waals surface area contributed by atoms with Crippen molar-refractivity contribution in [3.63, 3.8) is 0 Å². The molecule has 1 aliphatic heterocycles. The number of ether oxygens (including phenoxy) is 1. The molecule has 1 aromatic carbocycles. The van der Waals surface area contributed by atoms with E-state index in [2.05, 4.69) is 15.6 Å². The monoisotopic (exact) mass is 289 g/mol. The van der Waals surface area contributed by atoms with Crippen LogP contribution in [0.5, 0.6) is 5.75 Å². The van der Waals surface area contributed by atoms with Gasteiger partial charge < -0.3 is 10.1 Å². The first kappa shape index (κ1) is 12.6. The van der Waals surface area contributed by atoms with E-state index >= 15 is 0 Å². The summed E-state index contributed by atoms with van der Waals surface area (Å²) < 4.78 is 5.47.